The molecular formula is C20H23N3O3. The number of phenols is 1. The minimum Gasteiger partial charge on any atom is -0.508 e. The Hall–Kier alpha value is -3.02. The second-order valence-corrected chi connectivity index (χ2v) is 6.48. The third-order valence-electron chi connectivity index (χ3n) is 4.40. The zero-order valence-electron chi connectivity index (χ0n) is 14.5. The van der Waals surface area contributed by atoms with Crippen molar-refractivity contribution in [2.75, 3.05) is 13.1 Å². The van der Waals surface area contributed by atoms with Crippen molar-refractivity contribution in [3.63, 3.8) is 0 Å². The molecule has 6 nitrogen and oxygen atoms in total. The summed E-state index contributed by atoms with van der Waals surface area (Å²) in [7, 11) is 0. The molecule has 26 heavy (non-hydrogen) atoms. The van der Waals surface area contributed by atoms with Gasteiger partial charge in [-0.05, 0) is 29.7 Å². The van der Waals surface area contributed by atoms with Crippen LogP contribution in [0.3, 0.4) is 0 Å². The quantitative estimate of drug-likeness (QED) is 0.743. The fourth-order valence-corrected chi connectivity index (χ4v) is 3.04. The molecule has 2 aromatic carbocycles. The minimum absolute atomic E-state index is 0.0586. The number of carbonyl (C=O) groups excluding carboxylic acids is 2. The highest BCUT2D eigenvalue weighted by Gasteiger charge is 2.30. The Labute approximate surface area is 152 Å². The van der Waals surface area contributed by atoms with Crippen LogP contribution in [0.25, 0.3) is 0 Å². The molecule has 1 unspecified atom stereocenters. The molecule has 0 aliphatic carbocycles. The van der Waals surface area contributed by atoms with Gasteiger partial charge in [-0.3, -0.25) is 4.79 Å². The molecule has 0 spiro atoms. The summed E-state index contributed by atoms with van der Waals surface area (Å²) >= 11 is 0. The first-order chi connectivity index (χ1) is 12.6. The summed E-state index contributed by atoms with van der Waals surface area (Å²) in [6, 6.07) is 16.3. The van der Waals surface area contributed by atoms with Crippen molar-refractivity contribution in [1.82, 2.24) is 15.5 Å². The molecule has 3 N–H and O–H groups in total. The Bertz CT molecular complexity index is 747. The predicted octanol–water partition coefficient (Wildman–Crippen LogP) is 2.04. The molecule has 0 bridgehead atoms. The van der Waals surface area contributed by atoms with Crippen LogP contribution in [0.15, 0.2) is 54.6 Å². The lowest BCUT2D eigenvalue weighted by Crippen LogP contribution is -2.43. The van der Waals surface area contributed by atoms with Gasteiger partial charge in [0.15, 0.2) is 0 Å². The highest BCUT2D eigenvalue weighted by atomic mass is 16.3. The lowest BCUT2D eigenvalue weighted by atomic mass is 10.1. The van der Waals surface area contributed by atoms with E-state index in [1.54, 1.807) is 17.0 Å². The van der Waals surface area contributed by atoms with Crippen LogP contribution in [-0.4, -0.2) is 41.1 Å². The Morgan fingerprint density at radius 1 is 1.08 bits per heavy atom. The van der Waals surface area contributed by atoms with Crippen LogP contribution in [0.5, 0.6) is 5.75 Å². The van der Waals surface area contributed by atoms with E-state index in [2.05, 4.69) is 10.6 Å². The van der Waals surface area contributed by atoms with Crippen LogP contribution in [-0.2, 0) is 17.8 Å². The monoisotopic (exact) mass is 353 g/mol. The molecule has 1 saturated heterocycles. The van der Waals surface area contributed by atoms with Gasteiger partial charge in [0.1, 0.15) is 5.75 Å². The first-order valence-electron chi connectivity index (χ1n) is 8.74. The Morgan fingerprint density at radius 3 is 2.54 bits per heavy atom. The molecule has 1 aliphatic rings. The number of urea groups is 1. The normalized spacial score (nSPS) is 16.5. The molecule has 6 heteroatoms. The number of nitrogens with zero attached hydrogens (tertiary/aromatic N) is 1. The van der Waals surface area contributed by atoms with Gasteiger partial charge >= 0.3 is 6.03 Å². The predicted molar refractivity (Wildman–Crippen MR) is 98.6 cm³/mol. The number of hydrogen-bond acceptors (Lipinski definition) is 3. The molecule has 3 amide bonds. The van der Waals surface area contributed by atoms with Gasteiger partial charge in [-0.2, -0.15) is 0 Å². The van der Waals surface area contributed by atoms with Crippen LogP contribution in [0.2, 0.25) is 0 Å². The average molecular weight is 353 g/mol. The Balaban J connectivity index is 1.40. The number of likely N-dealkylation sites (tertiary alicyclic amines) is 1. The number of nitrogens with one attached hydrogen (secondary N) is 2. The summed E-state index contributed by atoms with van der Waals surface area (Å²) < 4.78 is 0. The molecule has 1 aliphatic heterocycles. The van der Waals surface area contributed by atoms with E-state index in [1.165, 1.54) is 0 Å². The molecular weight excluding hydrogens is 330 g/mol. The van der Waals surface area contributed by atoms with Gasteiger partial charge in [-0.25, -0.2) is 4.79 Å². The van der Waals surface area contributed by atoms with Crippen LogP contribution in [0, 0.1) is 0 Å². The second-order valence-electron chi connectivity index (χ2n) is 6.48. The molecule has 136 valence electrons. The van der Waals surface area contributed by atoms with Crippen molar-refractivity contribution >= 4 is 11.9 Å². The molecule has 1 atom stereocenters. The van der Waals surface area contributed by atoms with Gasteiger partial charge in [0.05, 0.1) is 6.04 Å². The largest absolute Gasteiger partial charge is 0.508 e. The van der Waals surface area contributed by atoms with Crippen molar-refractivity contribution in [1.29, 1.82) is 0 Å². The summed E-state index contributed by atoms with van der Waals surface area (Å²) in [6.07, 6.45) is 1.01. The van der Waals surface area contributed by atoms with E-state index in [0.717, 1.165) is 11.1 Å². The average Bonchev–Trinajstić information content (AvgIpc) is 2.96. The van der Waals surface area contributed by atoms with Crippen molar-refractivity contribution < 1.29 is 14.7 Å². The van der Waals surface area contributed by atoms with Crippen molar-refractivity contribution in [3.05, 3.63) is 65.7 Å². The van der Waals surface area contributed by atoms with E-state index >= 15 is 0 Å². The fraction of sp³-hybridized carbons (Fsp3) is 0.300. The SMILES string of the molecule is O=C(NCCc1ccc(O)cc1)NC1CC(=O)N(Cc2ccccc2)C1. The van der Waals surface area contributed by atoms with Crippen LogP contribution in [0.1, 0.15) is 17.5 Å². The minimum atomic E-state index is -0.261. The standard InChI is InChI=1S/C20H23N3O3/c24-18-8-6-15(7-9-18)10-11-21-20(26)22-17-12-19(25)23(14-17)13-16-4-2-1-3-5-16/h1-9,17,24H,10-14H2,(H2,21,22,26). The third kappa shape index (κ3) is 4.99. The lowest BCUT2D eigenvalue weighted by Gasteiger charge is -2.17. The zero-order valence-corrected chi connectivity index (χ0v) is 14.5. The summed E-state index contributed by atoms with van der Waals surface area (Å²) in [4.78, 5) is 25.9. The van der Waals surface area contributed by atoms with E-state index in [1.807, 2.05) is 42.5 Å². The van der Waals surface area contributed by atoms with E-state index in [4.69, 9.17) is 0 Å². The molecule has 1 fully saturated rings. The van der Waals surface area contributed by atoms with Crippen LogP contribution < -0.4 is 10.6 Å². The fourth-order valence-electron chi connectivity index (χ4n) is 3.04. The topological polar surface area (TPSA) is 81.7 Å². The highest BCUT2D eigenvalue weighted by molar-refractivity contribution is 5.81. The van der Waals surface area contributed by atoms with Crippen molar-refractivity contribution in [3.8, 4) is 5.75 Å². The van der Waals surface area contributed by atoms with Crippen LogP contribution in [0.4, 0.5) is 4.79 Å². The zero-order chi connectivity index (χ0) is 18.4. The maximum Gasteiger partial charge on any atom is 0.315 e. The van der Waals surface area contributed by atoms with E-state index < -0.39 is 0 Å². The number of amides is 3. The number of aromatic hydroxyl groups is 1. The molecule has 1 heterocycles. The summed E-state index contributed by atoms with van der Waals surface area (Å²) in [5.41, 5.74) is 2.12. The maximum atomic E-state index is 12.1. The number of benzene rings is 2. The maximum absolute atomic E-state index is 12.1. The highest BCUT2D eigenvalue weighted by Crippen LogP contribution is 2.15. The Kier molecular flexibility index (Phi) is 5.73. The van der Waals surface area contributed by atoms with Crippen molar-refractivity contribution in [2.45, 2.75) is 25.4 Å². The summed E-state index contributed by atoms with van der Waals surface area (Å²) in [6.45, 7) is 1.59. The van der Waals surface area contributed by atoms with E-state index in [0.29, 0.717) is 32.5 Å². The molecule has 2 aromatic rings. The number of phenolic OH excluding ortho intramolecular Hbond substituents is 1. The Morgan fingerprint density at radius 2 is 1.81 bits per heavy atom. The molecule has 0 saturated carbocycles. The molecule has 0 radical (unpaired) electrons. The number of carbonyl (C=O) groups is 2. The smallest absolute Gasteiger partial charge is 0.315 e. The third-order valence-corrected chi connectivity index (χ3v) is 4.40. The second kappa shape index (κ2) is 8.38. The van der Waals surface area contributed by atoms with Gasteiger partial charge in [0.25, 0.3) is 0 Å². The first kappa shape index (κ1) is 17.8. The van der Waals surface area contributed by atoms with E-state index in [-0.39, 0.29) is 23.7 Å². The lowest BCUT2D eigenvalue weighted by molar-refractivity contribution is -0.128. The number of rotatable bonds is 6. The van der Waals surface area contributed by atoms with Crippen LogP contribution >= 0.6 is 0 Å². The summed E-state index contributed by atoms with van der Waals surface area (Å²) in [5, 5.41) is 14.9. The van der Waals surface area contributed by atoms with Gasteiger partial charge in [0, 0.05) is 26.1 Å². The van der Waals surface area contributed by atoms with Gasteiger partial charge in [-0.15, -0.1) is 0 Å². The van der Waals surface area contributed by atoms with E-state index in [9.17, 15) is 14.7 Å². The number of hydrogen-bond donors (Lipinski definition) is 3. The van der Waals surface area contributed by atoms with Crippen molar-refractivity contribution in [2.24, 2.45) is 0 Å². The molecule has 0 aromatic heterocycles. The first-order valence-corrected chi connectivity index (χ1v) is 8.74. The van der Waals surface area contributed by atoms with Gasteiger partial charge < -0.3 is 20.6 Å². The van der Waals surface area contributed by atoms with Gasteiger partial charge in [-0.1, -0.05) is 42.5 Å². The van der Waals surface area contributed by atoms with Gasteiger partial charge in [0.2, 0.25) is 5.91 Å². The summed E-state index contributed by atoms with van der Waals surface area (Å²) in [5.74, 6) is 0.286. The molecule has 3 rings (SSSR count).